The van der Waals surface area contributed by atoms with E-state index in [2.05, 4.69) is 10.2 Å². The number of hydrogen-bond donors (Lipinski definition) is 1. The molecule has 0 aliphatic carbocycles. The lowest BCUT2D eigenvalue weighted by atomic mass is 10.1. The Morgan fingerprint density at radius 2 is 1.90 bits per heavy atom. The third kappa shape index (κ3) is 5.77. The molecule has 0 unspecified atom stereocenters. The molecule has 2 aromatic rings. The van der Waals surface area contributed by atoms with Gasteiger partial charge in [0.15, 0.2) is 0 Å². The number of likely N-dealkylation sites (tertiary alicyclic amines) is 1. The molecule has 6 nitrogen and oxygen atoms in total. The highest BCUT2D eigenvalue weighted by molar-refractivity contribution is 7.94. The second kappa shape index (κ2) is 10.2. The molecule has 29 heavy (non-hydrogen) atoms. The molecule has 2 heterocycles. The summed E-state index contributed by atoms with van der Waals surface area (Å²) in [7, 11) is -4.03. The Hall–Kier alpha value is -1.97. The quantitative estimate of drug-likeness (QED) is 0.610. The molecule has 1 aromatic carbocycles. The van der Waals surface area contributed by atoms with Gasteiger partial charge in [-0.3, -0.25) is 9.10 Å². The van der Waals surface area contributed by atoms with Crippen LogP contribution in [-0.2, 0) is 14.8 Å². The number of nitrogens with one attached hydrogen (secondary N) is 1. The Morgan fingerprint density at radius 1 is 1.14 bits per heavy atom. The van der Waals surface area contributed by atoms with Gasteiger partial charge in [0.1, 0.15) is 16.6 Å². The van der Waals surface area contributed by atoms with Crippen LogP contribution in [0.15, 0.2) is 46.0 Å². The average molecular weight is 440 g/mol. The van der Waals surface area contributed by atoms with Crippen LogP contribution in [0.25, 0.3) is 0 Å². The van der Waals surface area contributed by atoms with E-state index in [0.717, 1.165) is 41.7 Å². The van der Waals surface area contributed by atoms with Gasteiger partial charge in [-0.15, -0.1) is 11.3 Å². The number of carbonyl (C=O) groups is 1. The summed E-state index contributed by atoms with van der Waals surface area (Å²) in [6, 6.07) is 8.64. The highest BCUT2D eigenvalue weighted by Gasteiger charge is 2.29. The van der Waals surface area contributed by atoms with E-state index in [1.54, 1.807) is 17.5 Å². The Morgan fingerprint density at radius 3 is 2.59 bits per heavy atom. The minimum atomic E-state index is -4.03. The Balaban J connectivity index is 1.64. The molecule has 1 fully saturated rings. The van der Waals surface area contributed by atoms with E-state index in [1.165, 1.54) is 43.5 Å². The zero-order valence-electron chi connectivity index (χ0n) is 16.2. The summed E-state index contributed by atoms with van der Waals surface area (Å²) in [6.45, 7) is 3.08. The molecule has 158 valence electrons. The second-order valence-corrected chi connectivity index (χ2v) is 10.0. The number of anilines is 1. The van der Waals surface area contributed by atoms with Crippen molar-refractivity contribution in [2.75, 3.05) is 37.0 Å². The lowest BCUT2D eigenvalue weighted by Crippen LogP contribution is -2.42. The van der Waals surface area contributed by atoms with Crippen molar-refractivity contribution in [2.24, 2.45) is 0 Å². The fourth-order valence-electron chi connectivity index (χ4n) is 3.37. The average Bonchev–Trinajstić information content (AvgIpc) is 3.27. The largest absolute Gasteiger partial charge is 0.354 e. The van der Waals surface area contributed by atoms with Crippen molar-refractivity contribution >= 4 is 33.0 Å². The summed E-state index contributed by atoms with van der Waals surface area (Å²) >= 11 is 1.03. The first kappa shape index (κ1) is 21.7. The summed E-state index contributed by atoms with van der Waals surface area (Å²) in [5.41, 5.74) is -0.135. The number of carbonyl (C=O) groups excluding carboxylic acids is 1. The fraction of sp³-hybridized carbons (Fsp3) is 0.450. The number of halogens is 1. The number of benzene rings is 1. The fourth-order valence-corrected chi connectivity index (χ4v) is 5.91. The predicted molar refractivity (Wildman–Crippen MR) is 113 cm³/mol. The van der Waals surface area contributed by atoms with Gasteiger partial charge in [0, 0.05) is 6.54 Å². The zero-order valence-corrected chi connectivity index (χ0v) is 17.9. The third-order valence-electron chi connectivity index (χ3n) is 4.87. The molecule has 0 spiro atoms. The third-order valence-corrected chi connectivity index (χ3v) is 8.00. The summed E-state index contributed by atoms with van der Waals surface area (Å²) in [6.07, 6.45) is 4.50. The first-order chi connectivity index (χ1) is 14.0. The van der Waals surface area contributed by atoms with Crippen LogP contribution < -0.4 is 9.62 Å². The number of para-hydroxylation sites is 1. The maximum atomic E-state index is 14.3. The van der Waals surface area contributed by atoms with Gasteiger partial charge in [0.2, 0.25) is 5.91 Å². The van der Waals surface area contributed by atoms with Crippen molar-refractivity contribution in [1.29, 1.82) is 0 Å². The molecular formula is C20H26FN3O3S2. The van der Waals surface area contributed by atoms with Crippen LogP contribution in [0.2, 0.25) is 0 Å². The Kier molecular flexibility index (Phi) is 7.63. The second-order valence-electron chi connectivity index (χ2n) is 7.00. The molecule has 0 bridgehead atoms. The van der Waals surface area contributed by atoms with E-state index in [4.69, 9.17) is 0 Å². The van der Waals surface area contributed by atoms with Crippen LogP contribution in [0, 0.1) is 5.82 Å². The molecular weight excluding hydrogens is 413 g/mol. The summed E-state index contributed by atoms with van der Waals surface area (Å²) in [5, 5.41) is 4.40. The van der Waals surface area contributed by atoms with Gasteiger partial charge in [-0.25, -0.2) is 12.8 Å². The van der Waals surface area contributed by atoms with Crippen molar-refractivity contribution in [1.82, 2.24) is 10.2 Å². The number of rotatable bonds is 9. The van der Waals surface area contributed by atoms with E-state index in [1.807, 2.05) is 0 Å². The van der Waals surface area contributed by atoms with E-state index in [0.29, 0.717) is 6.54 Å². The molecule has 0 radical (unpaired) electrons. The molecule has 0 saturated carbocycles. The van der Waals surface area contributed by atoms with Gasteiger partial charge in [0.25, 0.3) is 10.0 Å². The van der Waals surface area contributed by atoms with Crippen molar-refractivity contribution in [3.8, 4) is 0 Å². The maximum Gasteiger partial charge on any atom is 0.274 e. The molecule has 3 rings (SSSR count). The highest BCUT2D eigenvalue weighted by atomic mass is 32.2. The molecule has 1 aliphatic heterocycles. The van der Waals surface area contributed by atoms with E-state index >= 15 is 0 Å². The van der Waals surface area contributed by atoms with E-state index < -0.39 is 28.3 Å². The molecule has 9 heteroatoms. The number of thiophene rings is 1. The van der Waals surface area contributed by atoms with Crippen LogP contribution in [0.5, 0.6) is 0 Å². The first-order valence-corrected chi connectivity index (χ1v) is 12.1. The van der Waals surface area contributed by atoms with Crippen LogP contribution in [0.4, 0.5) is 10.1 Å². The zero-order chi connectivity index (χ0) is 20.7. The minimum absolute atomic E-state index is 0.0682. The lowest BCUT2D eigenvalue weighted by molar-refractivity contribution is -0.119. The normalized spacial score (nSPS) is 15.2. The molecule has 1 amide bonds. The smallest absolute Gasteiger partial charge is 0.274 e. The first-order valence-electron chi connectivity index (χ1n) is 9.78. The van der Waals surface area contributed by atoms with Crippen LogP contribution in [0.3, 0.4) is 0 Å². The highest BCUT2D eigenvalue weighted by Crippen LogP contribution is 2.28. The molecule has 1 saturated heterocycles. The Labute approximate surface area is 175 Å². The molecule has 1 aliphatic rings. The SMILES string of the molecule is O=C(CN(c1ccccc1F)S(=O)(=O)c1cccs1)NCCCN1CCCCC1. The van der Waals surface area contributed by atoms with Gasteiger partial charge >= 0.3 is 0 Å². The summed E-state index contributed by atoms with van der Waals surface area (Å²) in [5.74, 6) is -1.14. The molecule has 1 aromatic heterocycles. The van der Waals surface area contributed by atoms with Gasteiger partial charge in [-0.05, 0) is 62.5 Å². The monoisotopic (exact) mass is 439 g/mol. The number of hydrogen-bond acceptors (Lipinski definition) is 5. The van der Waals surface area contributed by atoms with E-state index in [9.17, 15) is 17.6 Å². The van der Waals surface area contributed by atoms with Gasteiger partial charge in [0.05, 0.1) is 5.69 Å². The van der Waals surface area contributed by atoms with Gasteiger partial charge in [-0.2, -0.15) is 0 Å². The molecule has 0 atom stereocenters. The number of amides is 1. The van der Waals surface area contributed by atoms with Gasteiger partial charge in [-0.1, -0.05) is 24.6 Å². The van der Waals surface area contributed by atoms with Crippen molar-refractivity contribution in [3.63, 3.8) is 0 Å². The van der Waals surface area contributed by atoms with Crippen LogP contribution in [0.1, 0.15) is 25.7 Å². The minimum Gasteiger partial charge on any atom is -0.354 e. The van der Waals surface area contributed by atoms with Crippen molar-refractivity contribution < 1.29 is 17.6 Å². The van der Waals surface area contributed by atoms with Crippen molar-refractivity contribution in [3.05, 3.63) is 47.6 Å². The Bertz CT molecular complexity index is 897. The molecule has 1 N–H and O–H groups in total. The van der Waals surface area contributed by atoms with E-state index in [-0.39, 0.29) is 9.90 Å². The van der Waals surface area contributed by atoms with Crippen LogP contribution >= 0.6 is 11.3 Å². The van der Waals surface area contributed by atoms with Crippen LogP contribution in [-0.4, -0.2) is 51.9 Å². The number of piperidine rings is 1. The standard InChI is InChI=1S/C20H26FN3O3S2/c21-17-8-2-3-9-18(17)24(29(26,27)20-10-6-15-28-20)16-19(25)22-11-7-14-23-12-4-1-5-13-23/h2-3,6,8-10,15H,1,4-5,7,11-14,16H2,(H,22,25). The summed E-state index contributed by atoms with van der Waals surface area (Å²) in [4.78, 5) is 14.8. The number of nitrogens with zero attached hydrogens (tertiary/aromatic N) is 2. The van der Waals surface area contributed by atoms with Gasteiger partial charge < -0.3 is 10.2 Å². The topological polar surface area (TPSA) is 69.7 Å². The predicted octanol–water partition coefficient (Wildman–Crippen LogP) is 3.07. The maximum absolute atomic E-state index is 14.3. The van der Waals surface area contributed by atoms with Crippen molar-refractivity contribution in [2.45, 2.75) is 29.9 Å². The lowest BCUT2D eigenvalue weighted by Gasteiger charge is -2.26. The number of sulfonamides is 1. The summed E-state index contributed by atoms with van der Waals surface area (Å²) < 4.78 is 41.2.